The van der Waals surface area contributed by atoms with Crippen LogP contribution in [0.15, 0.2) is 60.4 Å². The molecule has 0 radical (unpaired) electrons. The van der Waals surface area contributed by atoms with Crippen LogP contribution in [0.2, 0.25) is 0 Å². The Kier molecular flexibility index (Phi) is 1.13. The Morgan fingerprint density at radius 3 is 3.31 bits per heavy atom. The maximum absolute atomic E-state index is 5.43. The Hall–Kier alpha value is -1.70. The first-order valence-electron chi connectivity index (χ1n) is 4.29. The molecule has 1 spiro atoms. The minimum Gasteiger partial charge on any atom is -0.468 e. The Labute approximate surface area is 76.6 Å². The van der Waals surface area contributed by atoms with Gasteiger partial charge < -0.3 is 10.1 Å². The molecule has 13 heavy (non-hydrogen) atoms. The maximum atomic E-state index is 5.43. The van der Waals surface area contributed by atoms with Crippen molar-refractivity contribution < 1.29 is 4.74 Å². The molecule has 0 bridgehead atoms. The predicted molar refractivity (Wildman–Crippen MR) is 50.2 cm³/mol. The summed E-state index contributed by atoms with van der Waals surface area (Å²) < 4.78 is 5.43. The highest BCUT2D eigenvalue weighted by atomic mass is 16.5. The fraction of sp³-hybridized carbons (Fsp3) is 0.0909. The van der Waals surface area contributed by atoms with Gasteiger partial charge in [0.05, 0.1) is 11.7 Å². The molecule has 1 atom stereocenters. The zero-order valence-electron chi connectivity index (χ0n) is 7.03. The maximum Gasteiger partial charge on any atom is 0.122 e. The second-order valence-electron chi connectivity index (χ2n) is 3.28. The van der Waals surface area contributed by atoms with Crippen LogP contribution in [0, 0.1) is 5.41 Å². The van der Waals surface area contributed by atoms with Crippen LogP contribution in [-0.2, 0) is 4.74 Å². The van der Waals surface area contributed by atoms with E-state index in [4.69, 9.17) is 4.74 Å². The van der Waals surface area contributed by atoms with Crippen molar-refractivity contribution in [3.8, 4) is 0 Å². The van der Waals surface area contributed by atoms with Crippen LogP contribution in [0.25, 0.3) is 0 Å². The Balaban J connectivity index is 2.23. The van der Waals surface area contributed by atoms with Crippen molar-refractivity contribution in [1.29, 1.82) is 0 Å². The molecule has 2 heteroatoms. The van der Waals surface area contributed by atoms with Crippen molar-refractivity contribution in [2.75, 3.05) is 0 Å². The van der Waals surface area contributed by atoms with Gasteiger partial charge in [-0.1, -0.05) is 12.2 Å². The lowest BCUT2D eigenvalue weighted by atomic mass is 9.76. The topological polar surface area (TPSA) is 21.3 Å². The standard InChI is InChI=1S/C11H9NO/c1-2-9-8-12-6-4-11(9)5-7-13-10(11)3-1/h1-8,12H. The molecule has 3 aliphatic rings. The van der Waals surface area contributed by atoms with Crippen molar-refractivity contribution in [2.45, 2.75) is 0 Å². The molecule has 0 saturated heterocycles. The molecule has 0 aromatic heterocycles. The molecular weight excluding hydrogens is 162 g/mol. The van der Waals surface area contributed by atoms with E-state index in [-0.39, 0.29) is 5.41 Å². The van der Waals surface area contributed by atoms with Gasteiger partial charge in [0, 0.05) is 6.20 Å². The fourth-order valence-electron chi connectivity index (χ4n) is 1.91. The van der Waals surface area contributed by atoms with Gasteiger partial charge in [-0.05, 0) is 30.0 Å². The van der Waals surface area contributed by atoms with Crippen LogP contribution in [0.5, 0.6) is 0 Å². The zero-order valence-corrected chi connectivity index (χ0v) is 7.03. The average molecular weight is 171 g/mol. The van der Waals surface area contributed by atoms with Gasteiger partial charge in [-0.3, -0.25) is 0 Å². The first-order chi connectivity index (χ1) is 6.42. The molecule has 0 aromatic carbocycles. The molecule has 0 amide bonds. The molecule has 2 aliphatic heterocycles. The molecule has 0 fully saturated rings. The smallest absolute Gasteiger partial charge is 0.122 e. The van der Waals surface area contributed by atoms with E-state index in [2.05, 4.69) is 23.5 Å². The first kappa shape index (κ1) is 6.78. The third-order valence-electron chi connectivity index (χ3n) is 2.62. The highest BCUT2D eigenvalue weighted by molar-refractivity contribution is 5.52. The third-order valence-corrected chi connectivity index (χ3v) is 2.62. The van der Waals surface area contributed by atoms with E-state index in [0.29, 0.717) is 0 Å². The number of nitrogens with one attached hydrogen (secondary N) is 1. The van der Waals surface area contributed by atoms with Crippen LogP contribution in [0.3, 0.4) is 0 Å². The highest BCUT2D eigenvalue weighted by Gasteiger charge is 2.39. The van der Waals surface area contributed by atoms with Gasteiger partial charge in [-0.25, -0.2) is 0 Å². The van der Waals surface area contributed by atoms with E-state index in [1.54, 1.807) is 6.26 Å². The molecule has 3 rings (SSSR count). The van der Waals surface area contributed by atoms with E-state index < -0.39 is 0 Å². The third kappa shape index (κ3) is 0.724. The average Bonchev–Trinajstić information content (AvgIpc) is 2.58. The molecular formula is C11H9NO. The van der Waals surface area contributed by atoms with E-state index in [0.717, 1.165) is 5.76 Å². The number of dihydropyridines is 1. The molecule has 1 N–H and O–H groups in total. The molecule has 2 heterocycles. The Morgan fingerprint density at radius 2 is 2.31 bits per heavy atom. The quantitative estimate of drug-likeness (QED) is 0.601. The Morgan fingerprint density at radius 1 is 1.31 bits per heavy atom. The number of hydrogen-bond donors (Lipinski definition) is 1. The summed E-state index contributed by atoms with van der Waals surface area (Å²) in [5.41, 5.74) is 1.10. The van der Waals surface area contributed by atoms with Gasteiger partial charge in [0.2, 0.25) is 0 Å². The van der Waals surface area contributed by atoms with Crippen LogP contribution in [-0.4, -0.2) is 0 Å². The lowest BCUT2D eigenvalue weighted by Crippen LogP contribution is -2.24. The fourth-order valence-corrected chi connectivity index (χ4v) is 1.91. The molecule has 0 saturated carbocycles. The van der Waals surface area contributed by atoms with Gasteiger partial charge in [-0.2, -0.15) is 0 Å². The van der Waals surface area contributed by atoms with Gasteiger partial charge >= 0.3 is 0 Å². The van der Waals surface area contributed by atoms with E-state index in [1.165, 1.54) is 5.57 Å². The summed E-state index contributed by atoms with van der Waals surface area (Å²) in [5, 5.41) is 3.08. The van der Waals surface area contributed by atoms with E-state index >= 15 is 0 Å². The molecule has 0 aromatic rings. The lowest BCUT2D eigenvalue weighted by molar-refractivity contribution is 0.328. The number of hydrogen-bond acceptors (Lipinski definition) is 2. The highest BCUT2D eigenvalue weighted by Crippen LogP contribution is 2.46. The molecule has 64 valence electrons. The summed E-state index contributed by atoms with van der Waals surface area (Å²) in [5.74, 6) is 0.985. The lowest BCUT2D eigenvalue weighted by Gasteiger charge is -2.29. The summed E-state index contributed by atoms with van der Waals surface area (Å²) in [6.45, 7) is 0. The van der Waals surface area contributed by atoms with Crippen molar-refractivity contribution in [3.63, 3.8) is 0 Å². The van der Waals surface area contributed by atoms with Crippen LogP contribution >= 0.6 is 0 Å². The SMILES string of the molecule is C1=CC2=CNC=CC23C=COC3=C1. The van der Waals surface area contributed by atoms with Crippen molar-refractivity contribution >= 4 is 0 Å². The van der Waals surface area contributed by atoms with Crippen LogP contribution in [0.1, 0.15) is 0 Å². The van der Waals surface area contributed by atoms with Crippen LogP contribution in [0.4, 0.5) is 0 Å². The van der Waals surface area contributed by atoms with Gasteiger partial charge in [-0.15, -0.1) is 0 Å². The molecule has 2 nitrogen and oxygen atoms in total. The zero-order chi connectivity index (χ0) is 8.73. The van der Waals surface area contributed by atoms with E-state index in [9.17, 15) is 0 Å². The summed E-state index contributed by atoms with van der Waals surface area (Å²) >= 11 is 0. The Bertz CT molecular complexity index is 398. The van der Waals surface area contributed by atoms with Crippen molar-refractivity contribution in [1.82, 2.24) is 5.32 Å². The first-order valence-corrected chi connectivity index (χ1v) is 4.29. The van der Waals surface area contributed by atoms with E-state index in [1.807, 2.05) is 24.6 Å². The van der Waals surface area contributed by atoms with Gasteiger partial charge in [0.1, 0.15) is 5.76 Å². The van der Waals surface area contributed by atoms with Crippen molar-refractivity contribution in [3.05, 3.63) is 60.4 Å². The number of allylic oxidation sites excluding steroid dienone is 4. The summed E-state index contributed by atoms with van der Waals surface area (Å²) in [6.07, 6.45) is 16.0. The molecule has 1 unspecified atom stereocenters. The number of rotatable bonds is 0. The van der Waals surface area contributed by atoms with Gasteiger partial charge in [0.25, 0.3) is 0 Å². The minimum absolute atomic E-state index is 0.125. The number of ether oxygens (including phenoxy) is 1. The monoisotopic (exact) mass is 171 g/mol. The summed E-state index contributed by atoms with van der Waals surface area (Å²) in [4.78, 5) is 0. The second kappa shape index (κ2) is 2.16. The summed E-state index contributed by atoms with van der Waals surface area (Å²) in [7, 11) is 0. The predicted octanol–water partition coefficient (Wildman–Crippen LogP) is 1.97. The van der Waals surface area contributed by atoms with Crippen molar-refractivity contribution in [2.24, 2.45) is 5.41 Å². The van der Waals surface area contributed by atoms with Crippen LogP contribution < -0.4 is 5.32 Å². The largest absolute Gasteiger partial charge is 0.468 e. The molecule has 1 aliphatic carbocycles. The second-order valence-corrected chi connectivity index (χ2v) is 3.28. The normalized spacial score (nSPS) is 32.6. The summed E-state index contributed by atoms with van der Waals surface area (Å²) in [6, 6.07) is 0. The minimum atomic E-state index is -0.125. The van der Waals surface area contributed by atoms with Gasteiger partial charge in [0.15, 0.2) is 0 Å².